The second kappa shape index (κ2) is 6.68. The van der Waals surface area contributed by atoms with Gasteiger partial charge in [-0.2, -0.15) is 0 Å². The zero-order chi connectivity index (χ0) is 14.4. The summed E-state index contributed by atoms with van der Waals surface area (Å²) in [6.07, 6.45) is 2.35. The first-order valence-corrected chi connectivity index (χ1v) is 6.47. The van der Waals surface area contributed by atoms with Crippen molar-refractivity contribution in [3.63, 3.8) is 0 Å². The minimum Gasteiger partial charge on any atom is -0.385 e. The molecule has 1 amide bonds. The minimum absolute atomic E-state index is 0.0128. The number of amides is 1. The molecular formula is C15H18N4O. The first kappa shape index (κ1) is 14.0. The highest BCUT2D eigenvalue weighted by molar-refractivity contribution is 5.91. The van der Waals surface area contributed by atoms with Gasteiger partial charge in [0.05, 0.1) is 0 Å². The van der Waals surface area contributed by atoms with Crippen molar-refractivity contribution in [2.75, 3.05) is 11.9 Å². The Labute approximate surface area is 118 Å². The molecule has 5 heteroatoms. The standard InChI is InChI=1S/C15H18N4O/c16-13(11-4-2-1-3-5-11)7-9-18-12-6-8-19-14(10-12)15(17)20/h1-6,8,10,13H,7,9,16H2,(H2,17,20)(H,18,19). The number of aromatic nitrogens is 1. The van der Waals surface area contributed by atoms with Gasteiger partial charge >= 0.3 is 0 Å². The SMILES string of the molecule is NC(=O)c1cc(NCCC(N)c2ccccc2)ccn1. The highest BCUT2D eigenvalue weighted by Crippen LogP contribution is 2.14. The Kier molecular flexibility index (Phi) is 4.68. The Morgan fingerprint density at radius 1 is 1.25 bits per heavy atom. The number of nitrogens with zero attached hydrogens (tertiary/aromatic N) is 1. The van der Waals surface area contributed by atoms with Gasteiger partial charge in [-0.25, -0.2) is 0 Å². The Bertz CT molecular complexity index is 571. The molecule has 1 aromatic heterocycles. The van der Waals surface area contributed by atoms with Gasteiger partial charge in [-0.05, 0) is 24.1 Å². The molecule has 0 aliphatic heterocycles. The van der Waals surface area contributed by atoms with E-state index in [-0.39, 0.29) is 11.7 Å². The number of anilines is 1. The van der Waals surface area contributed by atoms with Crippen LogP contribution in [-0.4, -0.2) is 17.4 Å². The summed E-state index contributed by atoms with van der Waals surface area (Å²) in [6.45, 7) is 0.707. The molecule has 20 heavy (non-hydrogen) atoms. The van der Waals surface area contributed by atoms with Crippen LogP contribution in [0.4, 0.5) is 5.69 Å². The fourth-order valence-electron chi connectivity index (χ4n) is 1.91. The lowest BCUT2D eigenvalue weighted by Gasteiger charge is -2.13. The summed E-state index contributed by atoms with van der Waals surface area (Å²) >= 11 is 0. The number of nitrogens with one attached hydrogen (secondary N) is 1. The summed E-state index contributed by atoms with van der Waals surface area (Å²) in [4.78, 5) is 14.9. The molecule has 0 fully saturated rings. The average molecular weight is 270 g/mol. The summed E-state index contributed by atoms with van der Waals surface area (Å²) in [6, 6.07) is 13.4. The van der Waals surface area contributed by atoms with Crippen LogP contribution in [0.25, 0.3) is 0 Å². The maximum atomic E-state index is 11.0. The number of carbonyl (C=O) groups is 1. The van der Waals surface area contributed by atoms with Gasteiger partial charge in [-0.1, -0.05) is 30.3 Å². The number of rotatable bonds is 6. The van der Waals surface area contributed by atoms with Crippen LogP contribution >= 0.6 is 0 Å². The summed E-state index contributed by atoms with van der Waals surface area (Å²) < 4.78 is 0. The van der Waals surface area contributed by atoms with Crippen molar-refractivity contribution in [1.82, 2.24) is 4.98 Å². The Balaban J connectivity index is 1.87. The van der Waals surface area contributed by atoms with Gasteiger partial charge in [-0.3, -0.25) is 9.78 Å². The van der Waals surface area contributed by atoms with E-state index in [1.807, 2.05) is 30.3 Å². The third-order valence-electron chi connectivity index (χ3n) is 3.02. The highest BCUT2D eigenvalue weighted by Gasteiger charge is 2.06. The van der Waals surface area contributed by atoms with Gasteiger partial charge in [-0.15, -0.1) is 0 Å². The van der Waals surface area contributed by atoms with E-state index in [1.165, 1.54) is 0 Å². The fraction of sp³-hybridized carbons (Fsp3) is 0.200. The van der Waals surface area contributed by atoms with E-state index in [0.29, 0.717) is 6.54 Å². The summed E-state index contributed by atoms with van der Waals surface area (Å²) in [7, 11) is 0. The van der Waals surface area contributed by atoms with Gasteiger partial charge in [0.15, 0.2) is 0 Å². The molecule has 0 bridgehead atoms. The zero-order valence-electron chi connectivity index (χ0n) is 11.1. The number of nitrogens with two attached hydrogens (primary N) is 2. The molecule has 1 unspecified atom stereocenters. The van der Waals surface area contributed by atoms with Crippen LogP contribution in [0.5, 0.6) is 0 Å². The van der Waals surface area contributed by atoms with E-state index in [9.17, 15) is 4.79 Å². The highest BCUT2D eigenvalue weighted by atomic mass is 16.1. The minimum atomic E-state index is -0.533. The number of primary amides is 1. The molecule has 0 radical (unpaired) electrons. The van der Waals surface area contributed by atoms with Crippen LogP contribution in [-0.2, 0) is 0 Å². The van der Waals surface area contributed by atoms with E-state index in [1.54, 1.807) is 18.3 Å². The summed E-state index contributed by atoms with van der Waals surface area (Å²) in [5.74, 6) is -0.533. The van der Waals surface area contributed by atoms with Crippen molar-refractivity contribution in [2.24, 2.45) is 11.5 Å². The predicted octanol–water partition coefficient (Wildman–Crippen LogP) is 1.68. The zero-order valence-corrected chi connectivity index (χ0v) is 11.1. The van der Waals surface area contributed by atoms with E-state index in [2.05, 4.69) is 10.3 Å². The molecule has 0 aliphatic carbocycles. The molecular weight excluding hydrogens is 252 g/mol. The topological polar surface area (TPSA) is 94.0 Å². The molecule has 2 aromatic rings. The lowest BCUT2D eigenvalue weighted by atomic mass is 10.1. The van der Waals surface area contributed by atoms with Crippen LogP contribution in [0.3, 0.4) is 0 Å². The second-order valence-corrected chi connectivity index (χ2v) is 4.53. The quantitative estimate of drug-likeness (QED) is 0.744. The maximum absolute atomic E-state index is 11.0. The van der Waals surface area contributed by atoms with Crippen LogP contribution in [0.15, 0.2) is 48.7 Å². The monoisotopic (exact) mass is 270 g/mol. The number of benzene rings is 1. The van der Waals surface area contributed by atoms with Crippen molar-refractivity contribution in [3.05, 3.63) is 59.9 Å². The van der Waals surface area contributed by atoms with Crippen molar-refractivity contribution in [1.29, 1.82) is 0 Å². The van der Waals surface area contributed by atoms with Crippen molar-refractivity contribution >= 4 is 11.6 Å². The van der Waals surface area contributed by atoms with Crippen molar-refractivity contribution in [3.8, 4) is 0 Å². The summed E-state index contributed by atoms with van der Waals surface area (Å²) in [5, 5.41) is 3.21. The fourth-order valence-corrected chi connectivity index (χ4v) is 1.91. The number of hydrogen-bond acceptors (Lipinski definition) is 4. The van der Waals surface area contributed by atoms with E-state index < -0.39 is 5.91 Å². The third kappa shape index (κ3) is 3.80. The molecule has 0 aliphatic rings. The molecule has 1 heterocycles. The van der Waals surface area contributed by atoms with Crippen LogP contribution in [0.1, 0.15) is 28.5 Å². The number of pyridine rings is 1. The summed E-state index contributed by atoms with van der Waals surface area (Å²) in [5.41, 5.74) is 13.5. The van der Waals surface area contributed by atoms with E-state index in [0.717, 1.165) is 17.7 Å². The first-order chi connectivity index (χ1) is 9.66. The smallest absolute Gasteiger partial charge is 0.267 e. The molecule has 0 saturated heterocycles. The third-order valence-corrected chi connectivity index (χ3v) is 3.02. The van der Waals surface area contributed by atoms with Gasteiger partial charge in [0, 0.05) is 24.5 Å². The molecule has 1 aromatic carbocycles. The normalized spacial score (nSPS) is 11.8. The second-order valence-electron chi connectivity index (χ2n) is 4.53. The lowest BCUT2D eigenvalue weighted by molar-refractivity contribution is 0.0995. The van der Waals surface area contributed by atoms with E-state index in [4.69, 9.17) is 11.5 Å². The van der Waals surface area contributed by atoms with Gasteiger partial charge in [0.1, 0.15) is 5.69 Å². The Hall–Kier alpha value is -2.40. The molecule has 0 saturated carbocycles. The molecule has 0 spiro atoms. The van der Waals surface area contributed by atoms with Crippen LogP contribution < -0.4 is 16.8 Å². The average Bonchev–Trinajstić information content (AvgIpc) is 2.48. The first-order valence-electron chi connectivity index (χ1n) is 6.47. The van der Waals surface area contributed by atoms with Gasteiger partial charge in [0.2, 0.25) is 0 Å². The van der Waals surface area contributed by atoms with E-state index >= 15 is 0 Å². The number of carbonyl (C=O) groups excluding carboxylic acids is 1. The van der Waals surface area contributed by atoms with Crippen molar-refractivity contribution in [2.45, 2.75) is 12.5 Å². The molecule has 1 atom stereocenters. The Morgan fingerprint density at radius 3 is 2.70 bits per heavy atom. The van der Waals surface area contributed by atoms with Gasteiger partial charge < -0.3 is 16.8 Å². The molecule has 104 valence electrons. The van der Waals surface area contributed by atoms with Gasteiger partial charge in [0.25, 0.3) is 5.91 Å². The van der Waals surface area contributed by atoms with Crippen LogP contribution in [0, 0.1) is 0 Å². The molecule has 2 rings (SSSR count). The number of hydrogen-bond donors (Lipinski definition) is 3. The van der Waals surface area contributed by atoms with Crippen LogP contribution in [0.2, 0.25) is 0 Å². The maximum Gasteiger partial charge on any atom is 0.267 e. The van der Waals surface area contributed by atoms with Crippen molar-refractivity contribution < 1.29 is 4.79 Å². The predicted molar refractivity (Wildman–Crippen MR) is 79.2 cm³/mol. The molecule has 5 nitrogen and oxygen atoms in total. The Morgan fingerprint density at radius 2 is 2.00 bits per heavy atom. The molecule has 5 N–H and O–H groups in total. The lowest BCUT2D eigenvalue weighted by Crippen LogP contribution is -2.16. The largest absolute Gasteiger partial charge is 0.385 e.